The largest absolute Gasteiger partial charge is 0.392 e. The Kier molecular flexibility index (Phi) is 3.76. The zero-order chi connectivity index (χ0) is 11.4. The number of non-ortho nitro benzene ring substituents is 1. The lowest BCUT2D eigenvalue weighted by Gasteiger charge is -2.14. The van der Waals surface area contributed by atoms with E-state index in [1.807, 2.05) is 0 Å². The van der Waals surface area contributed by atoms with Crippen molar-refractivity contribution in [1.82, 2.24) is 0 Å². The zero-order valence-corrected chi connectivity index (χ0v) is 8.46. The first-order chi connectivity index (χ1) is 7.00. The quantitative estimate of drug-likeness (QED) is 0.569. The maximum Gasteiger partial charge on any atom is 0.269 e. The number of nitrogens with zero attached hydrogens (tertiary/aromatic N) is 1. The number of nitrogens with two attached hydrogens (primary N) is 1. The van der Waals surface area contributed by atoms with Gasteiger partial charge in [0.05, 0.1) is 11.0 Å². The molecular weight excluding hydrogens is 196 g/mol. The smallest absolute Gasteiger partial charge is 0.269 e. The molecule has 0 spiro atoms. The minimum absolute atomic E-state index is 0.0466. The van der Waals surface area contributed by atoms with Crippen LogP contribution in [0.3, 0.4) is 0 Å². The van der Waals surface area contributed by atoms with Crippen molar-refractivity contribution in [3.05, 3.63) is 39.9 Å². The molecule has 0 saturated carbocycles. The molecule has 2 unspecified atom stereocenters. The molecule has 0 radical (unpaired) electrons. The van der Waals surface area contributed by atoms with Gasteiger partial charge in [0, 0.05) is 18.2 Å². The molecule has 0 amide bonds. The molecule has 0 saturated heterocycles. The summed E-state index contributed by atoms with van der Waals surface area (Å²) >= 11 is 0. The van der Waals surface area contributed by atoms with Crippen LogP contribution in [0.5, 0.6) is 0 Å². The van der Waals surface area contributed by atoms with E-state index < -0.39 is 17.1 Å². The van der Waals surface area contributed by atoms with Gasteiger partial charge in [0.2, 0.25) is 0 Å². The molecule has 0 fully saturated rings. The van der Waals surface area contributed by atoms with Gasteiger partial charge in [-0.3, -0.25) is 10.1 Å². The Hall–Kier alpha value is -1.46. The van der Waals surface area contributed by atoms with E-state index in [2.05, 4.69) is 0 Å². The van der Waals surface area contributed by atoms with Crippen molar-refractivity contribution in [2.45, 2.75) is 25.5 Å². The average molecular weight is 210 g/mol. The van der Waals surface area contributed by atoms with Gasteiger partial charge in [-0.05, 0) is 18.9 Å². The summed E-state index contributed by atoms with van der Waals surface area (Å²) < 4.78 is 0. The lowest BCUT2D eigenvalue weighted by molar-refractivity contribution is -0.384. The van der Waals surface area contributed by atoms with E-state index in [1.165, 1.54) is 12.1 Å². The van der Waals surface area contributed by atoms with Gasteiger partial charge in [-0.2, -0.15) is 0 Å². The fraction of sp³-hybridized carbons (Fsp3) is 0.400. The van der Waals surface area contributed by atoms with Crippen molar-refractivity contribution >= 4 is 5.69 Å². The molecule has 0 aliphatic rings. The number of nitro groups is 1. The number of rotatable bonds is 4. The van der Waals surface area contributed by atoms with Crippen molar-refractivity contribution in [1.29, 1.82) is 0 Å². The van der Waals surface area contributed by atoms with Gasteiger partial charge in [-0.25, -0.2) is 0 Å². The third kappa shape index (κ3) is 3.30. The molecule has 2 atom stereocenters. The topological polar surface area (TPSA) is 89.4 Å². The molecule has 1 aromatic rings. The number of aliphatic hydroxyl groups excluding tert-OH is 1. The average Bonchev–Trinajstić information content (AvgIpc) is 2.18. The summed E-state index contributed by atoms with van der Waals surface area (Å²) in [7, 11) is 0. The molecule has 15 heavy (non-hydrogen) atoms. The third-order valence-electron chi connectivity index (χ3n) is 2.21. The summed E-state index contributed by atoms with van der Waals surface area (Å²) in [5, 5.41) is 19.7. The highest BCUT2D eigenvalue weighted by atomic mass is 16.6. The molecule has 0 aliphatic carbocycles. The predicted octanol–water partition coefficient (Wildman–Crippen LogP) is 0.845. The summed E-state index contributed by atoms with van der Waals surface area (Å²) in [6.07, 6.45) is -0.191. The monoisotopic (exact) mass is 210 g/mol. The Morgan fingerprint density at radius 3 is 2.80 bits per heavy atom. The van der Waals surface area contributed by atoms with Crippen LogP contribution in [-0.4, -0.2) is 22.2 Å². The van der Waals surface area contributed by atoms with E-state index in [4.69, 9.17) is 5.73 Å². The number of aliphatic hydroxyl groups is 1. The van der Waals surface area contributed by atoms with Crippen LogP contribution in [0.15, 0.2) is 24.3 Å². The molecule has 0 aliphatic heterocycles. The highest BCUT2D eigenvalue weighted by Gasteiger charge is 2.12. The van der Waals surface area contributed by atoms with E-state index in [-0.39, 0.29) is 5.69 Å². The van der Waals surface area contributed by atoms with Crippen LogP contribution in [0.4, 0.5) is 5.69 Å². The van der Waals surface area contributed by atoms with Gasteiger partial charge in [-0.1, -0.05) is 12.1 Å². The molecule has 0 bridgehead atoms. The van der Waals surface area contributed by atoms with E-state index in [0.29, 0.717) is 6.42 Å². The van der Waals surface area contributed by atoms with E-state index in [9.17, 15) is 15.2 Å². The fourth-order valence-corrected chi connectivity index (χ4v) is 1.24. The van der Waals surface area contributed by atoms with Crippen molar-refractivity contribution in [2.24, 2.45) is 5.73 Å². The van der Waals surface area contributed by atoms with E-state index >= 15 is 0 Å². The van der Waals surface area contributed by atoms with Crippen molar-refractivity contribution < 1.29 is 10.0 Å². The first-order valence-electron chi connectivity index (χ1n) is 4.67. The van der Waals surface area contributed by atoms with Gasteiger partial charge >= 0.3 is 0 Å². The Morgan fingerprint density at radius 2 is 2.27 bits per heavy atom. The van der Waals surface area contributed by atoms with Crippen LogP contribution in [0.25, 0.3) is 0 Å². The molecule has 3 N–H and O–H groups in total. The fourth-order valence-electron chi connectivity index (χ4n) is 1.24. The second-order valence-electron chi connectivity index (χ2n) is 3.54. The van der Waals surface area contributed by atoms with Crippen LogP contribution in [0, 0.1) is 10.1 Å². The molecule has 1 aromatic carbocycles. The SMILES string of the molecule is CC(O)C(N)Cc1cccc([N+](=O)[O-])c1. The molecule has 82 valence electrons. The summed E-state index contributed by atoms with van der Waals surface area (Å²) in [6.45, 7) is 1.60. The van der Waals surface area contributed by atoms with Crippen LogP contribution in [0.2, 0.25) is 0 Å². The van der Waals surface area contributed by atoms with E-state index in [1.54, 1.807) is 19.1 Å². The second kappa shape index (κ2) is 4.86. The summed E-state index contributed by atoms with van der Waals surface area (Å²) in [6, 6.07) is 5.88. The number of nitro benzene ring substituents is 1. The van der Waals surface area contributed by atoms with Gasteiger partial charge in [0.25, 0.3) is 5.69 Å². The zero-order valence-electron chi connectivity index (χ0n) is 8.46. The van der Waals surface area contributed by atoms with Crippen LogP contribution in [-0.2, 0) is 6.42 Å². The maximum absolute atomic E-state index is 10.5. The van der Waals surface area contributed by atoms with Crippen molar-refractivity contribution in [2.75, 3.05) is 0 Å². The Labute approximate surface area is 87.7 Å². The number of hydrogen-bond acceptors (Lipinski definition) is 4. The lowest BCUT2D eigenvalue weighted by atomic mass is 10.0. The summed E-state index contributed by atoms with van der Waals surface area (Å²) in [5.41, 5.74) is 6.46. The molecule has 0 aromatic heterocycles. The standard InChI is InChI=1S/C10H14N2O3/c1-7(13)10(11)6-8-3-2-4-9(5-8)12(14)15/h2-5,7,10,13H,6,11H2,1H3. The maximum atomic E-state index is 10.5. The van der Waals surface area contributed by atoms with Crippen molar-refractivity contribution in [3.8, 4) is 0 Å². The Balaban J connectivity index is 2.78. The van der Waals surface area contributed by atoms with Gasteiger partial charge in [0.15, 0.2) is 0 Å². The van der Waals surface area contributed by atoms with Crippen LogP contribution in [0.1, 0.15) is 12.5 Å². The molecule has 1 rings (SSSR count). The number of benzene rings is 1. The first-order valence-corrected chi connectivity index (χ1v) is 4.67. The highest BCUT2D eigenvalue weighted by Crippen LogP contribution is 2.14. The summed E-state index contributed by atoms with van der Waals surface area (Å²) in [5.74, 6) is 0. The second-order valence-corrected chi connectivity index (χ2v) is 3.54. The minimum Gasteiger partial charge on any atom is -0.392 e. The van der Waals surface area contributed by atoms with Crippen LogP contribution < -0.4 is 5.73 Å². The first kappa shape index (κ1) is 11.6. The summed E-state index contributed by atoms with van der Waals surface area (Å²) in [4.78, 5) is 10.1. The Bertz CT molecular complexity index is 352. The molecule has 5 heteroatoms. The van der Waals surface area contributed by atoms with Crippen LogP contribution >= 0.6 is 0 Å². The highest BCUT2D eigenvalue weighted by molar-refractivity contribution is 5.34. The normalized spacial score (nSPS) is 14.6. The minimum atomic E-state index is -0.621. The molecule has 0 heterocycles. The third-order valence-corrected chi connectivity index (χ3v) is 2.21. The van der Waals surface area contributed by atoms with Gasteiger partial charge < -0.3 is 10.8 Å². The van der Waals surface area contributed by atoms with E-state index in [0.717, 1.165) is 5.56 Å². The Morgan fingerprint density at radius 1 is 1.60 bits per heavy atom. The molecular formula is C10H14N2O3. The predicted molar refractivity (Wildman–Crippen MR) is 56.5 cm³/mol. The lowest BCUT2D eigenvalue weighted by Crippen LogP contribution is -2.34. The number of hydrogen-bond donors (Lipinski definition) is 2. The van der Waals surface area contributed by atoms with Gasteiger partial charge in [0.1, 0.15) is 0 Å². The van der Waals surface area contributed by atoms with Crippen molar-refractivity contribution in [3.63, 3.8) is 0 Å². The molecule has 5 nitrogen and oxygen atoms in total. The van der Waals surface area contributed by atoms with Gasteiger partial charge in [-0.15, -0.1) is 0 Å².